The summed E-state index contributed by atoms with van der Waals surface area (Å²) in [5.41, 5.74) is 0.498. The Balaban J connectivity index is 1.92. The Hall–Kier alpha value is -2.37. The lowest BCUT2D eigenvalue weighted by atomic mass is 9.67. The number of carbonyl (C=O) groups excluding carboxylic acids is 3. The number of hydrogen-bond acceptors (Lipinski definition) is 4. The van der Waals surface area contributed by atoms with Gasteiger partial charge in [0.1, 0.15) is 5.60 Å². The van der Waals surface area contributed by atoms with Crippen molar-refractivity contribution in [2.75, 3.05) is 7.05 Å². The van der Waals surface area contributed by atoms with Crippen molar-refractivity contribution in [1.29, 1.82) is 0 Å². The Labute approximate surface area is 165 Å². The van der Waals surface area contributed by atoms with Crippen LogP contribution in [0.5, 0.6) is 0 Å². The van der Waals surface area contributed by atoms with E-state index in [1.54, 1.807) is 11.9 Å². The second kappa shape index (κ2) is 6.06. The van der Waals surface area contributed by atoms with Crippen molar-refractivity contribution >= 4 is 17.9 Å². The predicted octanol–water partition coefficient (Wildman–Crippen LogP) is 3.61. The second-order valence-corrected chi connectivity index (χ2v) is 9.15. The van der Waals surface area contributed by atoms with E-state index in [2.05, 4.69) is 6.92 Å². The van der Waals surface area contributed by atoms with Crippen molar-refractivity contribution in [1.82, 2.24) is 9.80 Å². The average Bonchev–Trinajstić information content (AvgIpc) is 3.17. The van der Waals surface area contributed by atoms with Crippen molar-refractivity contribution in [2.45, 2.75) is 64.1 Å². The van der Waals surface area contributed by atoms with Crippen LogP contribution in [0.3, 0.4) is 0 Å². The molecule has 0 aliphatic carbocycles. The molecule has 28 heavy (non-hydrogen) atoms. The summed E-state index contributed by atoms with van der Waals surface area (Å²) in [7, 11) is 1.55. The number of carbonyl (C=O) groups is 3. The maximum Gasteiger partial charge on any atom is 0.411 e. The maximum atomic E-state index is 13.4. The molecule has 4 rings (SSSR count). The van der Waals surface area contributed by atoms with Crippen molar-refractivity contribution in [3.8, 4) is 0 Å². The molecule has 6 heteroatoms. The third-order valence-corrected chi connectivity index (χ3v) is 6.38. The fraction of sp³-hybridized carbons (Fsp3) is 0.591. The van der Waals surface area contributed by atoms with Crippen molar-refractivity contribution in [3.63, 3.8) is 0 Å². The first-order valence-electron chi connectivity index (χ1n) is 10.1. The van der Waals surface area contributed by atoms with Crippen LogP contribution in [-0.4, -0.2) is 40.4 Å². The molecule has 0 aromatic heterocycles. The van der Waals surface area contributed by atoms with Crippen LogP contribution in [0.15, 0.2) is 24.3 Å². The van der Waals surface area contributed by atoms with Crippen molar-refractivity contribution in [2.24, 2.45) is 11.8 Å². The molecule has 150 valence electrons. The molecule has 0 spiro atoms. The molecule has 0 radical (unpaired) electrons. The molecule has 0 unspecified atom stereocenters. The third kappa shape index (κ3) is 2.29. The van der Waals surface area contributed by atoms with Gasteiger partial charge in [0.15, 0.2) is 0 Å². The molecule has 6 nitrogen and oxygen atoms in total. The maximum absolute atomic E-state index is 13.4. The predicted molar refractivity (Wildman–Crippen MR) is 103 cm³/mol. The highest BCUT2D eigenvalue weighted by molar-refractivity contribution is 6.08. The number of hydrogen-bond donors (Lipinski definition) is 0. The zero-order valence-electron chi connectivity index (χ0n) is 17.2. The third-order valence-electron chi connectivity index (χ3n) is 6.38. The lowest BCUT2D eigenvalue weighted by molar-refractivity contribution is -0.140. The molecule has 0 N–H and O–H groups in total. The molecule has 2 fully saturated rings. The molecule has 4 atom stereocenters. The van der Waals surface area contributed by atoms with E-state index in [0.29, 0.717) is 6.42 Å². The number of amides is 3. The first-order valence-corrected chi connectivity index (χ1v) is 10.1. The standard InChI is InChI=1S/C22H28N2O4/c1-6-7-12-22-14-11-9-8-10-13(14)17(24(22)20(27)28-21(2,3)4)15-16(22)19(26)23(5)18(15)25/h8-11,15-17H,6-7,12H2,1-5H3/t15-,16-,17-,22+/m0/s1. The fourth-order valence-corrected chi connectivity index (χ4v) is 5.44. The Morgan fingerprint density at radius 2 is 1.86 bits per heavy atom. The quantitative estimate of drug-likeness (QED) is 0.747. The van der Waals surface area contributed by atoms with Gasteiger partial charge in [0.2, 0.25) is 11.8 Å². The summed E-state index contributed by atoms with van der Waals surface area (Å²) in [5.74, 6) is -1.45. The van der Waals surface area contributed by atoms with E-state index >= 15 is 0 Å². The second-order valence-electron chi connectivity index (χ2n) is 9.15. The van der Waals surface area contributed by atoms with Crippen LogP contribution in [0.2, 0.25) is 0 Å². The van der Waals surface area contributed by atoms with Gasteiger partial charge < -0.3 is 4.74 Å². The van der Waals surface area contributed by atoms with Crippen molar-refractivity contribution in [3.05, 3.63) is 35.4 Å². The number of nitrogens with zero attached hydrogens (tertiary/aromatic N) is 2. The summed E-state index contributed by atoms with van der Waals surface area (Å²) in [6, 6.07) is 7.42. The minimum Gasteiger partial charge on any atom is -0.444 e. The van der Waals surface area contributed by atoms with E-state index in [0.717, 1.165) is 24.0 Å². The number of ether oxygens (including phenoxy) is 1. The Morgan fingerprint density at radius 3 is 2.50 bits per heavy atom. The lowest BCUT2D eigenvalue weighted by Gasteiger charge is -2.40. The van der Waals surface area contributed by atoms with Crippen LogP contribution in [0.4, 0.5) is 4.79 Å². The van der Waals surface area contributed by atoms with E-state index < -0.39 is 35.1 Å². The van der Waals surface area contributed by atoms with Gasteiger partial charge in [0.05, 0.1) is 23.4 Å². The molecular weight excluding hydrogens is 356 g/mol. The highest BCUT2D eigenvalue weighted by atomic mass is 16.6. The molecule has 3 amide bonds. The normalized spacial score (nSPS) is 30.7. The number of rotatable bonds is 3. The monoisotopic (exact) mass is 384 g/mol. The summed E-state index contributed by atoms with van der Waals surface area (Å²) in [6.45, 7) is 7.59. The van der Waals surface area contributed by atoms with Gasteiger partial charge >= 0.3 is 6.09 Å². The first-order chi connectivity index (χ1) is 13.1. The van der Waals surface area contributed by atoms with Crippen LogP contribution >= 0.6 is 0 Å². The molecule has 1 aromatic carbocycles. The highest BCUT2D eigenvalue weighted by Crippen LogP contribution is 2.67. The number of unbranched alkanes of at least 4 members (excludes halogenated alkanes) is 1. The van der Waals surface area contributed by atoms with Crippen LogP contribution in [0.1, 0.15) is 64.1 Å². The van der Waals surface area contributed by atoms with Gasteiger partial charge in [-0.3, -0.25) is 19.4 Å². The number of fused-ring (bicyclic) bond motifs is 8. The topological polar surface area (TPSA) is 66.9 Å². The van der Waals surface area contributed by atoms with E-state index in [1.165, 1.54) is 4.90 Å². The van der Waals surface area contributed by atoms with E-state index in [9.17, 15) is 14.4 Å². The Morgan fingerprint density at radius 1 is 1.18 bits per heavy atom. The minimum atomic E-state index is -0.818. The average molecular weight is 384 g/mol. The lowest BCUT2D eigenvalue weighted by Crippen LogP contribution is -2.50. The largest absolute Gasteiger partial charge is 0.444 e. The van der Waals surface area contributed by atoms with E-state index in [1.807, 2.05) is 45.0 Å². The van der Waals surface area contributed by atoms with Crippen molar-refractivity contribution < 1.29 is 19.1 Å². The Kier molecular flexibility index (Phi) is 4.11. The van der Waals surface area contributed by atoms with Crippen LogP contribution in [0.25, 0.3) is 0 Å². The summed E-state index contributed by atoms with van der Waals surface area (Å²) >= 11 is 0. The number of likely N-dealkylation sites (tertiary alicyclic amines) is 1. The van der Waals surface area contributed by atoms with Crippen LogP contribution in [-0.2, 0) is 19.9 Å². The molecule has 2 bridgehead atoms. The SMILES string of the molecule is CCCC[C@@]12c3ccccc3[C@@H]([C@H]3C(=O)N(C)C(=O)[C@H]31)N2C(=O)OC(C)(C)C. The Bertz CT molecular complexity index is 858. The molecule has 3 aliphatic heterocycles. The number of imide groups is 1. The minimum absolute atomic E-state index is 0.184. The van der Waals surface area contributed by atoms with Gasteiger partial charge in [-0.2, -0.15) is 0 Å². The van der Waals surface area contributed by atoms with E-state index in [4.69, 9.17) is 4.74 Å². The summed E-state index contributed by atoms with van der Waals surface area (Å²) in [5, 5.41) is 0. The molecule has 3 heterocycles. The zero-order valence-corrected chi connectivity index (χ0v) is 17.2. The summed E-state index contributed by atoms with van der Waals surface area (Å²) in [6.07, 6.45) is 1.99. The first kappa shape index (κ1) is 19.0. The van der Waals surface area contributed by atoms with Gasteiger partial charge in [0.25, 0.3) is 0 Å². The molecule has 2 saturated heterocycles. The molecule has 3 aliphatic rings. The highest BCUT2D eigenvalue weighted by Gasteiger charge is 2.74. The molecular formula is C22H28N2O4. The smallest absolute Gasteiger partial charge is 0.411 e. The fourth-order valence-electron chi connectivity index (χ4n) is 5.44. The molecule has 0 saturated carbocycles. The van der Waals surface area contributed by atoms with E-state index in [-0.39, 0.29) is 11.8 Å². The van der Waals surface area contributed by atoms with Gasteiger partial charge in [-0.15, -0.1) is 0 Å². The van der Waals surface area contributed by atoms with Crippen LogP contribution < -0.4 is 0 Å². The van der Waals surface area contributed by atoms with Crippen LogP contribution in [0, 0.1) is 11.8 Å². The summed E-state index contributed by atoms with van der Waals surface area (Å²) in [4.78, 5) is 42.5. The van der Waals surface area contributed by atoms with Gasteiger partial charge in [-0.1, -0.05) is 44.0 Å². The number of benzene rings is 1. The zero-order chi connectivity index (χ0) is 20.4. The van der Waals surface area contributed by atoms with Gasteiger partial charge in [-0.05, 0) is 38.3 Å². The van der Waals surface area contributed by atoms with Gasteiger partial charge in [0, 0.05) is 7.05 Å². The van der Waals surface area contributed by atoms with Gasteiger partial charge in [-0.25, -0.2) is 4.79 Å². The summed E-state index contributed by atoms with van der Waals surface area (Å²) < 4.78 is 5.75. The molecule has 1 aromatic rings.